The minimum atomic E-state index is 0.0104. The zero-order valence-corrected chi connectivity index (χ0v) is 16.0. The van der Waals surface area contributed by atoms with Crippen LogP contribution in [0.1, 0.15) is 38.2 Å². The van der Waals surface area contributed by atoms with E-state index in [4.69, 9.17) is 15.2 Å². The van der Waals surface area contributed by atoms with Gasteiger partial charge in [0.1, 0.15) is 12.4 Å². The van der Waals surface area contributed by atoms with E-state index in [0.717, 1.165) is 25.7 Å². The Morgan fingerprint density at radius 1 is 1.33 bits per heavy atom. The molecule has 2 fully saturated rings. The van der Waals surface area contributed by atoms with E-state index < -0.39 is 0 Å². The third kappa shape index (κ3) is 4.50. The van der Waals surface area contributed by atoms with Gasteiger partial charge >= 0.3 is 0 Å². The molecular formula is C21H29FN2O3. The van der Waals surface area contributed by atoms with Gasteiger partial charge in [-0.3, -0.25) is 4.79 Å². The number of hydrogen-bond donors (Lipinski definition) is 2. The molecule has 27 heavy (non-hydrogen) atoms. The Morgan fingerprint density at radius 3 is 2.56 bits per heavy atom. The Hall–Kier alpha value is -1.92. The summed E-state index contributed by atoms with van der Waals surface area (Å²) in [6, 6.07) is 8.10. The number of ether oxygens (including phenoxy) is 2. The van der Waals surface area contributed by atoms with Crippen LogP contribution < -0.4 is 15.8 Å². The molecule has 0 spiro atoms. The number of rotatable bonds is 8. The van der Waals surface area contributed by atoms with Gasteiger partial charge < -0.3 is 20.5 Å². The highest BCUT2D eigenvalue weighted by molar-refractivity contribution is 5.80. The molecule has 0 heterocycles. The Kier molecular flexibility index (Phi) is 6.17. The summed E-state index contributed by atoms with van der Waals surface area (Å²) in [5.74, 6) is 0.926. The Balaban J connectivity index is 1.47. The fourth-order valence-electron chi connectivity index (χ4n) is 3.91. The van der Waals surface area contributed by atoms with Gasteiger partial charge in [0.15, 0.2) is 0 Å². The van der Waals surface area contributed by atoms with Crippen LogP contribution in [-0.4, -0.2) is 38.3 Å². The molecule has 0 bridgehead atoms. The number of carbonyl (C=O) groups is 1. The molecule has 0 aromatic heterocycles. The lowest BCUT2D eigenvalue weighted by Crippen LogP contribution is -2.53. The molecule has 1 aromatic rings. The van der Waals surface area contributed by atoms with Crippen molar-refractivity contribution < 1.29 is 18.7 Å². The van der Waals surface area contributed by atoms with E-state index in [1.54, 1.807) is 7.11 Å². The first-order valence-corrected chi connectivity index (χ1v) is 9.52. The minimum absolute atomic E-state index is 0.0104. The molecular weight excluding hydrogens is 347 g/mol. The van der Waals surface area contributed by atoms with Crippen molar-refractivity contribution in [3.8, 4) is 5.75 Å². The first-order valence-electron chi connectivity index (χ1n) is 9.52. The van der Waals surface area contributed by atoms with Gasteiger partial charge in [-0.25, -0.2) is 4.39 Å². The van der Waals surface area contributed by atoms with Crippen LogP contribution in [0.15, 0.2) is 36.2 Å². The largest absolute Gasteiger partial charge is 0.489 e. The van der Waals surface area contributed by atoms with Crippen LogP contribution in [0.2, 0.25) is 0 Å². The lowest BCUT2D eigenvalue weighted by atomic mass is 9.59. The summed E-state index contributed by atoms with van der Waals surface area (Å²) in [5.41, 5.74) is 7.05. The normalized spacial score (nSPS) is 30.2. The van der Waals surface area contributed by atoms with Crippen molar-refractivity contribution in [3.05, 3.63) is 41.7 Å². The van der Waals surface area contributed by atoms with E-state index in [-0.39, 0.29) is 36.4 Å². The number of nitrogens with one attached hydrogen (secondary N) is 1. The van der Waals surface area contributed by atoms with Crippen LogP contribution in [0.3, 0.4) is 0 Å². The molecule has 0 saturated heterocycles. The smallest absolute Gasteiger partial charge is 0.223 e. The van der Waals surface area contributed by atoms with Crippen molar-refractivity contribution >= 4 is 5.91 Å². The highest BCUT2D eigenvalue weighted by Gasteiger charge is 2.45. The van der Waals surface area contributed by atoms with E-state index in [2.05, 4.69) is 12.2 Å². The van der Waals surface area contributed by atoms with Crippen LogP contribution in [-0.2, 0) is 14.9 Å². The molecule has 2 aliphatic carbocycles. The number of nitrogens with two attached hydrogens (primary N) is 1. The second-order valence-corrected chi connectivity index (χ2v) is 7.98. The molecule has 0 aliphatic heterocycles. The molecule has 3 rings (SSSR count). The fourth-order valence-corrected chi connectivity index (χ4v) is 3.91. The summed E-state index contributed by atoms with van der Waals surface area (Å²) < 4.78 is 23.3. The Bertz CT molecular complexity index is 677. The number of carbonyl (C=O) groups excluding carboxylic acids is 1. The van der Waals surface area contributed by atoms with Gasteiger partial charge in [-0.15, -0.1) is 0 Å². The molecule has 3 N–H and O–H groups in total. The summed E-state index contributed by atoms with van der Waals surface area (Å²) >= 11 is 0. The van der Waals surface area contributed by atoms with E-state index in [0.29, 0.717) is 23.8 Å². The fraction of sp³-hybridized carbons (Fsp3) is 0.571. The van der Waals surface area contributed by atoms with Gasteiger partial charge in [0.25, 0.3) is 0 Å². The summed E-state index contributed by atoms with van der Waals surface area (Å²) in [4.78, 5) is 12.4. The summed E-state index contributed by atoms with van der Waals surface area (Å²) in [6.45, 7) is 2.48. The van der Waals surface area contributed by atoms with E-state index in [9.17, 15) is 9.18 Å². The second-order valence-electron chi connectivity index (χ2n) is 7.98. The summed E-state index contributed by atoms with van der Waals surface area (Å²) in [5, 5.41) is 3.13. The molecule has 0 radical (unpaired) electrons. The van der Waals surface area contributed by atoms with Gasteiger partial charge in [0.05, 0.1) is 12.4 Å². The van der Waals surface area contributed by atoms with E-state index in [1.165, 1.54) is 5.56 Å². The third-order valence-electron chi connectivity index (χ3n) is 5.93. The topological polar surface area (TPSA) is 73.6 Å². The maximum atomic E-state index is 12.5. The van der Waals surface area contributed by atoms with Crippen molar-refractivity contribution in [1.29, 1.82) is 0 Å². The number of methoxy groups -OCH3 is 1. The predicted molar refractivity (Wildman–Crippen MR) is 102 cm³/mol. The molecule has 2 aliphatic rings. The number of halogens is 1. The summed E-state index contributed by atoms with van der Waals surface area (Å²) in [6.07, 6.45) is 4.31. The monoisotopic (exact) mass is 376 g/mol. The second kappa shape index (κ2) is 8.40. The number of benzene rings is 1. The zero-order valence-electron chi connectivity index (χ0n) is 16.0. The average Bonchev–Trinajstić information content (AvgIpc) is 2.62. The van der Waals surface area contributed by atoms with Gasteiger partial charge in [-0.05, 0) is 48.8 Å². The molecule has 2 saturated carbocycles. The van der Waals surface area contributed by atoms with E-state index in [1.807, 2.05) is 24.3 Å². The highest BCUT2D eigenvalue weighted by atomic mass is 19.1. The molecule has 6 heteroatoms. The minimum Gasteiger partial charge on any atom is -0.489 e. The Morgan fingerprint density at radius 2 is 2.00 bits per heavy atom. The zero-order chi connectivity index (χ0) is 19.4. The van der Waals surface area contributed by atoms with Crippen LogP contribution in [0.4, 0.5) is 4.39 Å². The van der Waals surface area contributed by atoms with Gasteiger partial charge in [-0.2, -0.15) is 0 Å². The standard InChI is InChI=1S/C21H29FN2O3/c1-21(9-15(10-21)20(25)24-17-7-19(8-17)26-2)16-3-5-18(6-4-16)27-13-14(11-22)12-23/h3-6,11,15,17,19H,7-10,12-13,23H2,1-2H3,(H,24,25)/b14-11+. The van der Waals surface area contributed by atoms with Crippen molar-refractivity contribution in [2.24, 2.45) is 11.7 Å². The van der Waals surface area contributed by atoms with Gasteiger partial charge in [0.2, 0.25) is 5.91 Å². The molecule has 1 aromatic carbocycles. The maximum Gasteiger partial charge on any atom is 0.223 e. The lowest BCUT2D eigenvalue weighted by molar-refractivity contribution is -0.132. The first-order chi connectivity index (χ1) is 13.0. The van der Waals surface area contributed by atoms with Crippen molar-refractivity contribution in [2.75, 3.05) is 20.3 Å². The van der Waals surface area contributed by atoms with Crippen LogP contribution in [0.5, 0.6) is 5.75 Å². The molecule has 1 amide bonds. The number of hydrogen-bond acceptors (Lipinski definition) is 4. The summed E-state index contributed by atoms with van der Waals surface area (Å²) in [7, 11) is 1.71. The van der Waals surface area contributed by atoms with Crippen molar-refractivity contribution in [3.63, 3.8) is 0 Å². The lowest BCUT2D eigenvalue weighted by Gasteiger charge is -2.46. The average molecular weight is 376 g/mol. The van der Waals surface area contributed by atoms with Crippen molar-refractivity contribution in [2.45, 2.75) is 50.2 Å². The Labute approximate surface area is 160 Å². The number of amides is 1. The first kappa shape index (κ1) is 19.8. The third-order valence-corrected chi connectivity index (χ3v) is 5.93. The van der Waals surface area contributed by atoms with Gasteiger partial charge in [0, 0.05) is 31.2 Å². The maximum absolute atomic E-state index is 12.5. The molecule has 0 atom stereocenters. The molecule has 5 nitrogen and oxygen atoms in total. The van der Waals surface area contributed by atoms with Gasteiger partial charge in [-0.1, -0.05) is 19.1 Å². The van der Waals surface area contributed by atoms with Crippen LogP contribution >= 0.6 is 0 Å². The molecule has 0 unspecified atom stereocenters. The van der Waals surface area contributed by atoms with Crippen LogP contribution in [0.25, 0.3) is 0 Å². The van der Waals surface area contributed by atoms with Crippen molar-refractivity contribution in [1.82, 2.24) is 5.32 Å². The van der Waals surface area contributed by atoms with E-state index >= 15 is 0 Å². The molecule has 148 valence electrons. The SMILES string of the molecule is COC1CC(NC(=O)C2CC(C)(c3ccc(OC/C(=C/F)CN)cc3)C2)C1. The van der Waals surface area contributed by atoms with Crippen LogP contribution in [0, 0.1) is 5.92 Å². The highest BCUT2D eigenvalue weighted by Crippen LogP contribution is 2.48. The quantitative estimate of drug-likeness (QED) is 0.732. The predicted octanol–water partition coefficient (Wildman–Crippen LogP) is 2.84.